The molecule has 0 saturated heterocycles. The van der Waals surface area contributed by atoms with E-state index < -0.39 is 0 Å². The summed E-state index contributed by atoms with van der Waals surface area (Å²) in [6, 6.07) is 5.59. The Morgan fingerprint density at radius 2 is 2.17 bits per heavy atom. The van der Waals surface area contributed by atoms with E-state index in [1.165, 1.54) is 0 Å². The molecule has 0 spiro atoms. The van der Waals surface area contributed by atoms with E-state index in [0.29, 0.717) is 18.2 Å². The number of methoxy groups -OCH3 is 1. The first-order valence-electron chi connectivity index (χ1n) is 5.41. The molecule has 0 atom stereocenters. The number of rotatable bonds is 4. The van der Waals surface area contributed by atoms with Gasteiger partial charge in [0.2, 0.25) is 11.2 Å². The average molecular weight is 265 g/mol. The zero-order chi connectivity index (χ0) is 13.0. The Hall–Kier alpha value is -1.88. The zero-order valence-electron chi connectivity index (χ0n) is 10.1. The Bertz CT molecular complexity index is 510. The molecule has 2 aromatic heterocycles. The molecular formula is C12H13ClN4O. The number of aryl methyl sites for hydroxylation is 1. The summed E-state index contributed by atoms with van der Waals surface area (Å²) in [5.41, 5.74) is 1.86. The maximum Gasteiger partial charge on any atom is 0.224 e. The third-order valence-electron chi connectivity index (χ3n) is 2.31. The highest BCUT2D eigenvalue weighted by Gasteiger charge is 2.00. The number of hydrogen-bond donors (Lipinski definition) is 1. The molecule has 18 heavy (non-hydrogen) atoms. The van der Waals surface area contributed by atoms with Crippen molar-refractivity contribution in [1.82, 2.24) is 15.0 Å². The monoisotopic (exact) mass is 264 g/mol. The van der Waals surface area contributed by atoms with Gasteiger partial charge in [0.05, 0.1) is 7.11 Å². The number of anilines is 1. The van der Waals surface area contributed by atoms with Crippen LogP contribution in [0.4, 0.5) is 5.82 Å². The molecule has 0 saturated carbocycles. The van der Waals surface area contributed by atoms with E-state index in [0.717, 1.165) is 11.3 Å². The predicted octanol–water partition coefficient (Wildman–Crippen LogP) is 2.45. The minimum Gasteiger partial charge on any atom is -0.481 e. The zero-order valence-corrected chi connectivity index (χ0v) is 10.9. The van der Waals surface area contributed by atoms with Crippen molar-refractivity contribution in [2.75, 3.05) is 12.4 Å². The number of halogens is 1. The van der Waals surface area contributed by atoms with E-state index in [1.54, 1.807) is 13.3 Å². The van der Waals surface area contributed by atoms with Gasteiger partial charge in [-0.05, 0) is 24.1 Å². The molecule has 2 aromatic rings. The first kappa shape index (κ1) is 12.6. The quantitative estimate of drug-likeness (QED) is 0.860. The summed E-state index contributed by atoms with van der Waals surface area (Å²) in [5, 5.41) is 3.40. The Morgan fingerprint density at radius 1 is 1.33 bits per heavy atom. The first-order valence-corrected chi connectivity index (χ1v) is 5.79. The number of nitrogens with zero attached hydrogens (tertiary/aromatic N) is 3. The first-order chi connectivity index (χ1) is 8.67. The molecule has 0 aliphatic carbocycles. The second kappa shape index (κ2) is 5.64. The van der Waals surface area contributed by atoms with Gasteiger partial charge in [-0.2, -0.15) is 0 Å². The SMILES string of the molecule is COc1ccc(CNc2cc(C)nc(Cl)n2)cn1. The van der Waals surface area contributed by atoms with Gasteiger partial charge < -0.3 is 10.1 Å². The summed E-state index contributed by atoms with van der Waals surface area (Å²) in [4.78, 5) is 12.2. The summed E-state index contributed by atoms with van der Waals surface area (Å²) in [5.74, 6) is 1.29. The van der Waals surface area contributed by atoms with Gasteiger partial charge in [0.25, 0.3) is 0 Å². The molecule has 0 fully saturated rings. The number of hydrogen-bond acceptors (Lipinski definition) is 5. The molecule has 0 aliphatic heterocycles. The van der Waals surface area contributed by atoms with Crippen molar-refractivity contribution in [2.24, 2.45) is 0 Å². The number of aromatic nitrogens is 3. The Balaban J connectivity index is 2.01. The van der Waals surface area contributed by atoms with Gasteiger partial charge >= 0.3 is 0 Å². The van der Waals surface area contributed by atoms with Crippen molar-refractivity contribution in [3.63, 3.8) is 0 Å². The highest BCUT2D eigenvalue weighted by Crippen LogP contribution is 2.12. The molecule has 2 rings (SSSR count). The van der Waals surface area contributed by atoms with Crippen molar-refractivity contribution in [1.29, 1.82) is 0 Å². The van der Waals surface area contributed by atoms with Crippen LogP contribution in [0.5, 0.6) is 5.88 Å². The van der Waals surface area contributed by atoms with E-state index in [1.807, 2.05) is 25.1 Å². The third kappa shape index (κ3) is 3.30. The summed E-state index contributed by atoms with van der Waals surface area (Å²) < 4.78 is 4.99. The normalized spacial score (nSPS) is 10.2. The topological polar surface area (TPSA) is 59.9 Å². The van der Waals surface area contributed by atoms with Crippen LogP contribution in [0.25, 0.3) is 0 Å². The van der Waals surface area contributed by atoms with Crippen LogP contribution in [0.15, 0.2) is 24.4 Å². The Morgan fingerprint density at radius 3 is 2.78 bits per heavy atom. The summed E-state index contributed by atoms with van der Waals surface area (Å²) >= 11 is 5.78. The van der Waals surface area contributed by atoms with E-state index in [-0.39, 0.29) is 5.28 Å². The minimum atomic E-state index is 0.241. The van der Waals surface area contributed by atoms with Crippen molar-refractivity contribution in [3.05, 3.63) is 40.9 Å². The van der Waals surface area contributed by atoms with Crippen LogP contribution < -0.4 is 10.1 Å². The lowest BCUT2D eigenvalue weighted by molar-refractivity contribution is 0.397. The maximum atomic E-state index is 5.78. The van der Waals surface area contributed by atoms with Crippen LogP contribution >= 0.6 is 11.6 Å². The molecule has 94 valence electrons. The van der Waals surface area contributed by atoms with E-state index >= 15 is 0 Å². The Kier molecular flexibility index (Phi) is 3.94. The summed E-state index contributed by atoms with van der Waals surface area (Å²) in [6.07, 6.45) is 1.75. The number of pyridine rings is 1. The van der Waals surface area contributed by atoms with Gasteiger partial charge in [-0.1, -0.05) is 6.07 Å². The van der Waals surface area contributed by atoms with Crippen LogP contribution in [0, 0.1) is 6.92 Å². The van der Waals surface area contributed by atoms with Gasteiger partial charge in [0.15, 0.2) is 0 Å². The fourth-order valence-corrected chi connectivity index (χ4v) is 1.68. The molecule has 0 bridgehead atoms. The van der Waals surface area contributed by atoms with Crippen LogP contribution in [0.3, 0.4) is 0 Å². The fraction of sp³-hybridized carbons (Fsp3) is 0.250. The average Bonchev–Trinajstić information content (AvgIpc) is 2.36. The van der Waals surface area contributed by atoms with Gasteiger partial charge in [-0.15, -0.1) is 0 Å². The maximum absolute atomic E-state index is 5.78. The minimum absolute atomic E-state index is 0.241. The molecule has 0 aliphatic rings. The van der Waals surface area contributed by atoms with Crippen molar-refractivity contribution in [2.45, 2.75) is 13.5 Å². The van der Waals surface area contributed by atoms with E-state index in [9.17, 15) is 0 Å². The second-order valence-electron chi connectivity index (χ2n) is 3.73. The second-order valence-corrected chi connectivity index (χ2v) is 4.06. The molecule has 0 unspecified atom stereocenters. The molecule has 6 heteroatoms. The van der Waals surface area contributed by atoms with Gasteiger partial charge in [0.1, 0.15) is 5.82 Å². The van der Waals surface area contributed by atoms with Crippen LogP contribution in [0.2, 0.25) is 5.28 Å². The molecule has 5 nitrogen and oxygen atoms in total. The van der Waals surface area contributed by atoms with Crippen LogP contribution in [-0.4, -0.2) is 22.1 Å². The van der Waals surface area contributed by atoms with E-state index in [4.69, 9.17) is 16.3 Å². The van der Waals surface area contributed by atoms with Crippen molar-refractivity contribution >= 4 is 17.4 Å². The standard InChI is InChI=1S/C12H13ClN4O/c1-8-5-10(17-12(13)16-8)14-6-9-3-4-11(18-2)15-7-9/h3-5,7H,6H2,1-2H3,(H,14,16,17). The smallest absolute Gasteiger partial charge is 0.224 e. The van der Waals surface area contributed by atoms with Crippen molar-refractivity contribution < 1.29 is 4.74 Å². The van der Waals surface area contributed by atoms with Gasteiger partial charge in [-0.25, -0.2) is 15.0 Å². The molecule has 2 heterocycles. The van der Waals surface area contributed by atoms with Gasteiger partial charge in [0, 0.05) is 30.6 Å². The predicted molar refractivity (Wildman–Crippen MR) is 69.9 cm³/mol. The highest BCUT2D eigenvalue weighted by atomic mass is 35.5. The lowest BCUT2D eigenvalue weighted by Crippen LogP contribution is -2.03. The molecule has 0 radical (unpaired) electrons. The van der Waals surface area contributed by atoms with Gasteiger partial charge in [-0.3, -0.25) is 0 Å². The molecule has 0 aromatic carbocycles. The fourth-order valence-electron chi connectivity index (χ4n) is 1.45. The molecule has 1 N–H and O–H groups in total. The van der Waals surface area contributed by atoms with Crippen molar-refractivity contribution in [3.8, 4) is 5.88 Å². The van der Waals surface area contributed by atoms with E-state index in [2.05, 4.69) is 20.3 Å². The summed E-state index contributed by atoms with van der Waals surface area (Å²) in [6.45, 7) is 2.48. The Labute approximate surface area is 110 Å². The summed E-state index contributed by atoms with van der Waals surface area (Å²) in [7, 11) is 1.59. The van der Waals surface area contributed by atoms with Crippen LogP contribution in [-0.2, 0) is 6.54 Å². The number of nitrogens with one attached hydrogen (secondary N) is 1. The number of ether oxygens (including phenoxy) is 1. The largest absolute Gasteiger partial charge is 0.481 e. The highest BCUT2D eigenvalue weighted by molar-refractivity contribution is 6.28. The lowest BCUT2D eigenvalue weighted by Gasteiger charge is -2.06. The van der Waals surface area contributed by atoms with Crippen LogP contribution in [0.1, 0.15) is 11.3 Å². The third-order valence-corrected chi connectivity index (χ3v) is 2.48. The molecule has 0 amide bonds. The lowest BCUT2D eigenvalue weighted by atomic mass is 10.3. The molecular weight excluding hydrogens is 252 g/mol.